The van der Waals surface area contributed by atoms with Crippen molar-refractivity contribution in [3.8, 4) is 29.2 Å². The monoisotopic (exact) mass is 435 g/mol. The van der Waals surface area contributed by atoms with Crippen LogP contribution in [0.4, 0.5) is 11.6 Å². The number of nitriles is 1. The minimum atomic E-state index is -0.327. The van der Waals surface area contributed by atoms with E-state index in [0.717, 1.165) is 0 Å². The zero-order chi connectivity index (χ0) is 22.1. The van der Waals surface area contributed by atoms with Crippen molar-refractivity contribution in [2.24, 2.45) is 0 Å². The van der Waals surface area contributed by atoms with Crippen molar-refractivity contribution in [2.75, 3.05) is 43.2 Å². The largest absolute Gasteiger partial charge is 0.459 e. The van der Waals surface area contributed by atoms with Crippen LogP contribution in [0.3, 0.4) is 0 Å². The Morgan fingerprint density at radius 3 is 2.75 bits per heavy atom. The normalized spacial score (nSPS) is 16.6. The fourth-order valence-electron chi connectivity index (χ4n) is 3.80. The van der Waals surface area contributed by atoms with Crippen molar-refractivity contribution in [3.63, 3.8) is 0 Å². The van der Waals surface area contributed by atoms with Crippen LogP contribution in [0.2, 0.25) is 0 Å². The summed E-state index contributed by atoms with van der Waals surface area (Å²) in [4.78, 5) is 21.1. The molecule has 0 bridgehead atoms. The van der Waals surface area contributed by atoms with Gasteiger partial charge in [0.15, 0.2) is 17.3 Å². The van der Waals surface area contributed by atoms with E-state index in [4.69, 9.17) is 18.3 Å². The van der Waals surface area contributed by atoms with Gasteiger partial charge in [0.05, 0.1) is 12.3 Å². The molecule has 10 heteroatoms. The van der Waals surface area contributed by atoms with Crippen LogP contribution in [-0.2, 0) is 4.79 Å². The molecule has 0 radical (unpaired) electrons. The first kappa shape index (κ1) is 20.0. The molecule has 2 aliphatic heterocycles. The van der Waals surface area contributed by atoms with Gasteiger partial charge in [-0.25, -0.2) is 0 Å². The number of anilines is 2. The number of amides is 1. The Morgan fingerprint density at radius 2 is 2.00 bits per heavy atom. The number of piperazine rings is 1. The highest BCUT2D eigenvalue weighted by atomic mass is 16.7. The van der Waals surface area contributed by atoms with Crippen molar-refractivity contribution in [1.29, 1.82) is 5.26 Å². The number of carbonyl (C=O) groups excluding carboxylic acids is 1. The summed E-state index contributed by atoms with van der Waals surface area (Å²) in [5.41, 5.74) is 0.883. The maximum absolute atomic E-state index is 12.8. The Kier molecular flexibility index (Phi) is 5.17. The molecule has 3 aromatic rings. The second kappa shape index (κ2) is 8.28. The number of nitrogens with one attached hydrogen (secondary N) is 1. The van der Waals surface area contributed by atoms with E-state index in [-0.39, 0.29) is 30.3 Å². The van der Waals surface area contributed by atoms with Crippen LogP contribution in [0.5, 0.6) is 11.5 Å². The fraction of sp³-hybridized carbons (Fsp3) is 0.318. The van der Waals surface area contributed by atoms with Crippen molar-refractivity contribution in [2.45, 2.75) is 13.0 Å². The second-order valence-corrected chi connectivity index (χ2v) is 7.52. The van der Waals surface area contributed by atoms with Crippen molar-refractivity contribution in [1.82, 2.24) is 9.88 Å². The minimum Gasteiger partial charge on any atom is -0.459 e. The predicted molar refractivity (Wildman–Crippen MR) is 113 cm³/mol. The molecule has 164 valence electrons. The summed E-state index contributed by atoms with van der Waals surface area (Å²) >= 11 is 0. The lowest BCUT2D eigenvalue weighted by Crippen LogP contribution is -2.52. The molecule has 4 heterocycles. The van der Waals surface area contributed by atoms with Gasteiger partial charge in [0.25, 0.3) is 5.89 Å². The third-order valence-electron chi connectivity index (χ3n) is 5.62. The molecule has 5 rings (SSSR count). The van der Waals surface area contributed by atoms with Crippen LogP contribution in [-0.4, -0.2) is 54.8 Å². The number of oxazole rings is 1. The van der Waals surface area contributed by atoms with Gasteiger partial charge in [-0.3, -0.25) is 9.69 Å². The molecule has 1 saturated heterocycles. The second-order valence-electron chi connectivity index (χ2n) is 7.52. The van der Waals surface area contributed by atoms with E-state index in [1.807, 2.05) is 11.8 Å². The average Bonchev–Trinajstić information content (AvgIpc) is 3.58. The molecule has 1 aromatic carbocycles. The molecule has 1 unspecified atom stereocenters. The van der Waals surface area contributed by atoms with E-state index in [1.54, 1.807) is 30.3 Å². The quantitative estimate of drug-likeness (QED) is 0.645. The Labute approximate surface area is 183 Å². The molecule has 0 aliphatic carbocycles. The average molecular weight is 435 g/mol. The predicted octanol–water partition coefficient (Wildman–Crippen LogP) is 2.68. The maximum Gasteiger partial charge on any atom is 0.266 e. The summed E-state index contributed by atoms with van der Waals surface area (Å²) < 4.78 is 21.8. The molecule has 1 amide bonds. The highest BCUT2D eigenvalue weighted by molar-refractivity contribution is 5.94. The van der Waals surface area contributed by atoms with Crippen LogP contribution in [0.15, 0.2) is 45.4 Å². The number of benzene rings is 1. The summed E-state index contributed by atoms with van der Waals surface area (Å²) in [5.74, 6) is 2.37. The van der Waals surface area contributed by atoms with Gasteiger partial charge < -0.3 is 28.5 Å². The van der Waals surface area contributed by atoms with Gasteiger partial charge in [-0.15, -0.1) is 0 Å². The van der Waals surface area contributed by atoms with E-state index in [1.165, 1.54) is 6.26 Å². The zero-order valence-electron chi connectivity index (χ0n) is 17.4. The highest BCUT2D eigenvalue weighted by Crippen LogP contribution is 2.34. The van der Waals surface area contributed by atoms with E-state index < -0.39 is 0 Å². The van der Waals surface area contributed by atoms with Crippen LogP contribution in [0.1, 0.15) is 12.6 Å². The minimum absolute atomic E-state index is 0.102. The third kappa shape index (κ3) is 3.74. The van der Waals surface area contributed by atoms with Crippen LogP contribution in [0.25, 0.3) is 11.7 Å². The lowest BCUT2D eigenvalue weighted by atomic mass is 10.2. The number of carbonyl (C=O) groups is 1. The van der Waals surface area contributed by atoms with Crippen LogP contribution in [0, 0.1) is 11.3 Å². The lowest BCUT2D eigenvalue weighted by molar-refractivity contribution is -0.120. The lowest BCUT2D eigenvalue weighted by Gasteiger charge is -2.37. The Bertz CT molecular complexity index is 1160. The van der Waals surface area contributed by atoms with Gasteiger partial charge in [-0.05, 0) is 31.2 Å². The number of hydrogen-bond donors (Lipinski definition) is 1. The zero-order valence-corrected chi connectivity index (χ0v) is 17.4. The number of aromatic nitrogens is 1. The smallest absolute Gasteiger partial charge is 0.266 e. The van der Waals surface area contributed by atoms with Gasteiger partial charge in [0.1, 0.15) is 6.07 Å². The summed E-state index contributed by atoms with van der Waals surface area (Å²) in [7, 11) is 0. The standard InChI is InChI=1S/C22H21N5O5/c1-14(20(28)24-15-4-5-17-19(11-15)31-13-30-17)26-6-8-27(9-7-26)22-16(12-23)25-21(32-22)18-3-2-10-29-18/h2-5,10-11,14H,6-9,13H2,1H3,(H,24,28). The molecule has 0 saturated carbocycles. The number of nitrogens with zero attached hydrogens (tertiary/aromatic N) is 4. The van der Waals surface area contributed by atoms with Crippen molar-refractivity contribution in [3.05, 3.63) is 42.3 Å². The molecule has 2 aromatic heterocycles. The fourth-order valence-corrected chi connectivity index (χ4v) is 3.80. The molecule has 1 atom stereocenters. The number of fused-ring (bicyclic) bond motifs is 1. The highest BCUT2D eigenvalue weighted by Gasteiger charge is 2.29. The van der Waals surface area contributed by atoms with Gasteiger partial charge >= 0.3 is 0 Å². The van der Waals surface area contributed by atoms with E-state index >= 15 is 0 Å². The van der Waals surface area contributed by atoms with Crippen molar-refractivity contribution < 1.29 is 23.1 Å². The molecule has 2 aliphatic rings. The first-order chi connectivity index (χ1) is 15.6. The van der Waals surface area contributed by atoms with Gasteiger partial charge in [0, 0.05) is 37.9 Å². The number of ether oxygens (including phenoxy) is 2. The first-order valence-electron chi connectivity index (χ1n) is 10.3. The van der Waals surface area contributed by atoms with Crippen molar-refractivity contribution >= 4 is 17.5 Å². The van der Waals surface area contributed by atoms with Gasteiger partial charge in [-0.1, -0.05) is 0 Å². The molecule has 0 spiro atoms. The summed E-state index contributed by atoms with van der Waals surface area (Å²) in [6.45, 7) is 4.54. The van der Waals surface area contributed by atoms with Crippen LogP contribution < -0.4 is 19.7 Å². The molecule has 1 N–H and O–H groups in total. The Hall–Kier alpha value is -3.97. The summed E-state index contributed by atoms with van der Waals surface area (Å²) in [6.07, 6.45) is 1.53. The molecule has 32 heavy (non-hydrogen) atoms. The molecular weight excluding hydrogens is 414 g/mol. The molecule has 10 nitrogen and oxygen atoms in total. The summed E-state index contributed by atoms with van der Waals surface area (Å²) in [6, 6.07) is 10.6. The SMILES string of the molecule is CC(C(=O)Nc1ccc2c(c1)OCO2)N1CCN(c2oc(-c3ccco3)nc2C#N)CC1. The van der Waals surface area contributed by atoms with E-state index in [9.17, 15) is 10.1 Å². The molecule has 1 fully saturated rings. The number of hydrogen-bond acceptors (Lipinski definition) is 9. The molecular formula is C22H21N5O5. The Balaban J connectivity index is 1.21. The number of rotatable bonds is 5. The van der Waals surface area contributed by atoms with E-state index in [0.29, 0.717) is 55.0 Å². The van der Waals surface area contributed by atoms with Gasteiger partial charge in [0.2, 0.25) is 24.3 Å². The third-order valence-corrected chi connectivity index (χ3v) is 5.62. The van der Waals surface area contributed by atoms with Crippen LogP contribution >= 0.6 is 0 Å². The first-order valence-corrected chi connectivity index (χ1v) is 10.3. The van der Waals surface area contributed by atoms with Gasteiger partial charge in [-0.2, -0.15) is 10.2 Å². The maximum atomic E-state index is 12.8. The summed E-state index contributed by atoms with van der Waals surface area (Å²) in [5, 5.41) is 12.4. The Morgan fingerprint density at radius 1 is 1.19 bits per heavy atom. The number of furan rings is 1. The van der Waals surface area contributed by atoms with E-state index in [2.05, 4.69) is 21.3 Å². The topological polar surface area (TPSA) is 117 Å².